The van der Waals surface area contributed by atoms with Gasteiger partial charge in [0, 0.05) is 24.8 Å². The highest BCUT2D eigenvalue weighted by Gasteiger charge is 2.11. The van der Waals surface area contributed by atoms with Crippen LogP contribution in [0.15, 0.2) is 43.5 Å². The van der Waals surface area contributed by atoms with Crippen LogP contribution in [0.2, 0.25) is 0 Å². The summed E-state index contributed by atoms with van der Waals surface area (Å²) in [4.78, 5) is 35.5. The number of carbonyl (C=O) groups excluding carboxylic acids is 3. The monoisotopic (exact) mass is 361 g/mol. The molecule has 0 aliphatic rings. The smallest absolute Gasteiger partial charge is 0.330 e. The number of nitrogen functional groups attached to an aromatic ring is 1. The normalized spacial score (nSPS) is 9.73. The molecule has 0 aliphatic carbocycles. The fraction of sp³-hybridized carbons (Fsp3) is 0.278. The molecule has 8 heteroatoms. The number of nitrogens with two attached hydrogens (primary N) is 1. The van der Waals surface area contributed by atoms with Gasteiger partial charge in [0.15, 0.2) is 0 Å². The number of benzene rings is 1. The molecule has 0 saturated carbocycles. The molecule has 0 unspecified atom stereocenters. The van der Waals surface area contributed by atoms with Crippen LogP contribution in [0, 0.1) is 0 Å². The van der Waals surface area contributed by atoms with Crippen molar-refractivity contribution in [3.05, 3.63) is 43.5 Å². The van der Waals surface area contributed by atoms with Crippen LogP contribution >= 0.6 is 0 Å². The molecule has 1 rings (SSSR count). The first kappa shape index (κ1) is 20.8. The van der Waals surface area contributed by atoms with Gasteiger partial charge in [0.1, 0.15) is 13.2 Å². The number of nitrogens with one attached hydrogen (secondary N) is 1. The molecule has 26 heavy (non-hydrogen) atoms. The van der Waals surface area contributed by atoms with Crippen molar-refractivity contribution in [1.82, 2.24) is 0 Å². The summed E-state index contributed by atoms with van der Waals surface area (Å²) in [6.07, 6.45) is 2.16. The Kier molecular flexibility index (Phi) is 8.42. The van der Waals surface area contributed by atoms with Gasteiger partial charge in [0.25, 0.3) is 0 Å². The molecule has 140 valence electrons. The van der Waals surface area contributed by atoms with E-state index in [1.54, 1.807) is 18.2 Å². The van der Waals surface area contributed by atoms with Gasteiger partial charge in [0.05, 0.1) is 24.5 Å². The highest BCUT2D eigenvalue weighted by molar-refractivity contribution is 5.93. The SMILES string of the molecule is C=CC(=O)OCCN(CCOC(=O)C=C)c1ccc(N)c(NC(C)=O)c1. The Bertz CT molecular complexity index is 661. The summed E-state index contributed by atoms with van der Waals surface area (Å²) >= 11 is 0. The molecule has 0 fully saturated rings. The van der Waals surface area contributed by atoms with E-state index in [0.29, 0.717) is 30.2 Å². The predicted octanol–water partition coefficient (Wildman–Crippen LogP) is 1.49. The second kappa shape index (κ2) is 10.5. The van der Waals surface area contributed by atoms with Gasteiger partial charge in [-0.25, -0.2) is 9.59 Å². The van der Waals surface area contributed by atoms with E-state index in [1.165, 1.54) is 6.92 Å². The zero-order valence-electron chi connectivity index (χ0n) is 14.7. The van der Waals surface area contributed by atoms with Gasteiger partial charge in [-0.05, 0) is 18.2 Å². The third kappa shape index (κ3) is 7.08. The van der Waals surface area contributed by atoms with Gasteiger partial charge in [0.2, 0.25) is 5.91 Å². The summed E-state index contributed by atoms with van der Waals surface area (Å²) in [5.74, 6) is -1.31. The molecule has 0 aromatic heterocycles. The van der Waals surface area contributed by atoms with Crippen LogP contribution in [0.4, 0.5) is 17.1 Å². The molecule has 1 aromatic carbocycles. The number of rotatable bonds is 10. The average Bonchev–Trinajstić information content (AvgIpc) is 2.61. The average molecular weight is 361 g/mol. The first-order valence-corrected chi connectivity index (χ1v) is 7.87. The number of carbonyl (C=O) groups is 3. The van der Waals surface area contributed by atoms with Crippen molar-refractivity contribution in [2.24, 2.45) is 0 Å². The fourth-order valence-corrected chi connectivity index (χ4v) is 2.04. The van der Waals surface area contributed by atoms with E-state index in [9.17, 15) is 14.4 Å². The van der Waals surface area contributed by atoms with Crippen LogP contribution in [0.25, 0.3) is 0 Å². The molecular weight excluding hydrogens is 338 g/mol. The zero-order valence-corrected chi connectivity index (χ0v) is 14.7. The first-order chi connectivity index (χ1) is 12.4. The highest BCUT2D eigenvalue weighted by Crippen LogP contribution is 2.25. The molecule has 3 N–H and O–H groups in total. The summed E-state index contributed by atoms with van der Waals surface area (Å²) in [5.41, 5.74) is 7.46. The van der Waals surface area contributed by atoms with E-state index in [1.807, 2.05) is 4.90 Å². The highest BCUT2D eigenvalue weighted by atomic mass is 16.5. The van der Waals surface area contributed by atoms with Gasteiger partial charge in [-0.3, -0.25) is 4.79 Å². The number of esters is 2. The van der Waals surface area contributed by atoms with E-state index in [2.05, 4.69) is 18.5 Å². The third-order valence-electron chi connectivity index (χ3n) is 3.26. The Balaban J connectivity index is 2.88. The van der Waals surface area contributed by atoms with Gasteiger partial charge >= 0.3 is 11.9 Å². The van der Waals surface area contributed by atoms with Gasteiger partial charge < -0.3 is 25.4 Å². The summed E-state index contributed by atoms with van der Waals surface area (Å²) in [7, 11) is 0. The van der Waals surface area contributed by atoms with E-state index in [0.717, 1.165) is 12.2 Å². The largest absolute Gasteiger partial charge is 0.461 e. The summed E-state index contributed by atoms with van der Waals surface area (Å²) < 4.78 is 9.99. The van der Waals surface area contributed by atoms with Crippen molar-refractivity contribution in [3.63, 3.8) is 0 Å². The zero-order chi connectivity index (χ0) is 19.5. The Morgan fingerprint density at radius 2 is 1.65 bits per heavy atom. The molecule has 0 spiro atoms. The Morgan fingerprint density at radius 1 is 1.12 bits per heavy atom. The second-order valence-corrected chi connectivity index (χ2v) is 5.18. The summed E-state index contributed by atoms with van der Waals surface area (Å²) in [6.45, 7) is 8.96. The van der Waals surface area contributed by atoms with Gasteiger partial charge in [-0.2, -0.15) is 0 Å². The molecule has 1 aromatic rings. The van der Waals surface area contributed by atoms with Crippen LogP contribution in [0.1, 0.15) is 6.92 Å². The fourth-order valence-electron chi connectivity index (χ4n) is 2.04. The lowest BCUT2D eigenvalue weighted by Crippen LogP contribution is -2.32. The maximum absolute atomic E-state index is 11.3. The van der Waals surface area contributed by atoms with Crippen LogP contribution < -0.4 is 16.0 Å². The number of nitrogens with zero attached hydrogens (tertiary/aromatic N) is 1. The minimum Gasteiger partial charge on any atom is -0.461 e. The first-order valence-electron chi connectivity index (χ1n) is 7.87. The molecule has 1 amide bonds. The van der Waals surface area contributed by atoms with Gasteiger partial charge in [-0.1, -0.05) is 13.2 Å². The lowest BCUT2D eigenvalue weighted by molar-refractivity contribution is -0.137. The lowest BCUT2D eigenvalue weighted by atomic mass is 10.2. The number of ether oxygens (including phenoxy) is 2. The van der Waals surface area contributed by atoms with Crippen LogP contribution in [-0.4, -0.2) is 44.1 Å². The molecule has 0 bridgehead atoms. The van der Waals surface area contributed by atoms with Crippen LogP contribution in [-0.2, 0) is 23.9 Å². The Hall–Kier alpha value is -3.29. The van der Waals surface area contributed by atoms with Crippen molar-refractivity contribution >= 4 is 34.9 Å². The topological polar surface area (TPSA) is 111 Å². The minimum absolute atomic E-state index is 0.111. The van der Waals surface area contributed by atoms with Crippen molar-refractivity contribution in [2.45, 2.75) is 6.92 Å². The van der Waals surface area contributed by atoms with E-state index in [4.69, 9.17) is 15.2 Å². The number of amides is 1. The Labute approximate surface area is 152 Å². The van der Waals surface area contributed by atoms with Crippen LogP contribution in [0.3, 0.4) is 0 Å². The van der Waals surface area contributed by atoms with E-state index < -0.39 is 11.9 Å². The van der Waals surface area contributed by atoms with Crippen molar-refractivity contribution in [2.75, 3.05) is 42.3 Å². The third-order valence-corrected chi connectivity index (χ3v) is 3.26. The van der Waals surface area contributed by atoms with Crippen molar-refractivity contribution in [3.8, 4) is 0 Å². The number of hydrogen-bond donors (Lipinski definition) is 2. The number of hydrogen-bond acceptors (Lipinski definition) is 7. The maximum Gasteiger partial charge on any atom is 0.330 e. The molecule has 0 heterocycles. The molecule has 0 saturated heterocycles. The molecule has 0 radical (unpaired) electrons. The molecular formula is C18H23N3O5. The number of anilines is 3. The van der Waals surface area contributed by atoms with E-state index >= 15 is 0 Å². The van der Waals surface area contributed by atoms with E-state index in [-0.39, 0.29) is 19.1 Å². The summed E-state index contributed by atoms with van der Waals surface area (Å²) in [6, 6.07) is 5.10. The van der Waals surface area contributed by atoms with Crippen molar-refractivity contribution in [1.29, 1.82) is 0 Å². The van der Waals surface area contributed by atoms with Gasteiger partial charge in [-0.15, -0.1) is 0 Å². The molecule has 0 atom stereocenters. The molecule has 8 nitrogen and oxygen atoms in total. The minimum atomic E-state index is -0.528. The second-order valence-electron chi connectivity index (χ2n) is 5.18. The standard InChI is InChI=1S/C18H23N3O5/c1-4-17(23)25-10-8-21(9-11-26-18(24)5-2)14-6-7-15(19)16(12-14)20-13(3)22/h4-7,12H,1-2,8-11,19H2,3H3,(H,20,22). The van der Waals surface area contributed by atoms with Crippen molar-refractivity contribution < 1.29 is 23.9 Å². The summed E-state index contributed by atoms with van der Waals surface area (Å²) in [5, 5.41) is 2.65. The quantitative estimate of drug-likeness (QED) is 0.369. The Morgan fingerprint density at radius 3 is 2.12 bits per heavy atom. The lowest BCUT2D eigenvalue weighted by Gasteiger charge is -2.25. The maximum atomic E-state index is 11.3. The predicted molar refractivity (Wildman–Crippen MR) is 99.7 cm³/mol. The molecule has 0 aliphatic heterocycles. The van der Waals surface area contributed by atoms with Crippen LogP contribution in [0.5, 0.6) is 0 Å².